The summed E-state index contributed by atoms with van der Waals surface area (Å²) in [6.07, 6.45) is 1.64. The summed E-state index contributed by atoms with van der Waals surface area (Å²) in [7, 11) is 0. The summed E-state index contributed by atoms with van der Waals surface area (Å²) < 4.78 is 11.7. The highest BCUT2D eigenvalue weighted by atomic mass is 32.1. The Morgan fingerprint density at radius 2 is 2.03 bits per heavy atom. The number of ether oxygens (including phenoxy) is 2. The van der Waals surface area contributed by atoms with E-state index in [4.69, 9.17) is 9.47 Å². The first-order valence-electron chi connectivity index (χ1n) is 12.4. The summed E-state index contributed by atoms with van der Waals surface area (Å²) in [5.74, 6) is 0.119. The highest BCUT2D eigenvalue weighted by Crippen LogP contribution is 2.44. The zero-order valence-electron chi connectivity index (χ0n) is 21.2. The van der Waals surface area contributed by atoms with Gasteiger partial charge in [-0.05, 0) is 67.6 Å². The second-order valence-corrected chi connectivity index (χ2v) is 11.0. The van der Waals surface area contributed by atoms with E-state index in [0.717, 1.165) is 17.7 Å². The van der Waals surface area contributed by atoms with Crippen molar-refractivity contribution in [3.63, 3.8) is 0 Å². The third-order valence-corrected chi connectivity index (χ3v) is 7.31. The molecule has 1 fully saturated rings. The van der Waals surface area contributed by atoms with E-state index in [2.05, 4.69) is 24.0 Å². The molecule has 9 heteroatoms. The molecule has 3 heterocycles. The van der Waals surface area contributed by atoms with Crippen molar-refractivity contribution in [1.82, 2.24) is 10.2 Å². The number of rotatable bonds is 7. The SMILES string of the molecule is Cc1nnc(N2C(=O)C(=O)C(=C(O)c3ccc4c(c3)C[C@@H](C)O4)[C@@H]2c2cccc(OCCC(C)C)c2)s1. The molecule has 0 bridgehead atoms. The Labute approximate surface area is 219 Å². The van der Waals surface area contributed by atoms with Crippen LogP contribution in [-0.2, 0) is 16.0 Å². The number of fused-ring (bicyclic) bond motifs is 1. The first-order chi connectivity index (χ1) is 17.7. The lowest BCUT2D eigenvalue weighted by molar-refractivity contribution is -0.132. The van der Waals surface area contributed by atoms with E-state index >= 15 is 0 Å². The molecule has 1 N–H and O–H groups in total. The quantitative estimate of drug-likeness (QED) is 0.259. The van der Waals surface area contributed by atoms with Gasteiger partial charge in [0, 0.05) is 12.0 Å². The number of anilines is 1. The molecule has 5 rings (SSSR count). The topological polar surface area (TPSA) is 102 Å². The summed E-state index contributed by atoms with van der Waals surface area (Å²) in [6, 6.07) is 11.7. The zero-order chi connectivity index (χ0) is 26.3. The molecule has 1 saturated heterocycles. The molecule has 0 radical (unpaired) electrons. The highest BCUT2D eigenvalue weighted by molar-refractivity contribution is 7.15. The van der Waals surface area contributed by atoms with Crippen molar-refractivity contribution in [1.29, 1.82) is 0 Å². The first-order valence-corrected chi connectivity index (χ1v) is 13.2. The van der Waals surface area contributed by atoms with Crippen molar-refractivity contribution >= 4 is 33.9 Å². The van der Waals surface area contributed by atoms with Crippen LogP contribution in [0, 0.1) is 12.8 Å². The minimum atomic E-state index is -0.885. The van der Waals surface area contributed by atoms with Crippen molar-refractivity contribution in [2.24, 2.45) is 5.92 Å². The van der Waals surface area contributed by atoms with Gasteiger partial charge in [-0.2, -0.15) is 0 Å². The number of amides is 1. The van der Waals surface area contributed by atoms with Crippen LogP contribution in [0.1, 0.15) is 54.9 Å². The molecule has 37 heavy (non-hydrogen) atoms. The predicted octanol–water partition coefficient (Wildman–Crippen LogP) is 5.22. The highest BCUT2D eigenvalue weighted by Gasteiger charge is 2.48. The van der Waals surface area contributed by atoms with Crippen LogP contribution in [0.25, 0.3) is 5.76 Å². The molecule has 0 spiro atoms. The largest absolute Gasteiger partial charge is 0.507 e. The molecule has 2 aliphatic heterocycles. The van der Waals surface area contributed by atoms with Crippen LogP contribution in [0.4, 0.5) is 5.13 Å². The van der Waals surface area contributed by atoms with Gasteiger partial charge in [0.15, 0.2) is 0 Å². The molecule has 3 aromatic rings. The van der Waals surface area contributed by atoms with Gasteiger partial charge < -0.3 is 14.6 Å². The minimum absolute atomic E-state index is 0.00379. The molecular weight excluding hydrogens is 490 g/mol. The Bertz CT molecular complexity index is 1400. The molecule has 192 valence electrons. The number of aliphatic hydroxyl groups is 1. The standard InChI is InChI=1S/C28H29N3O5S/c1-15(2)10-11-35-21-7-5-6-18(14-21)24-23(26(33)27(34)31(24)28-30-29-17(4)37-28)25(32)19-8-9-22-20(13-19)12-16(3)36-22/h5-9,13-16,24,32H,10-12H2,1-4H3/t16-,24+/m1/s1. The summed E-state index contributed by atoms with van der Waals surface area (Å²) in [5.41, 5.74) is 2.04. The van der Waals surface area contributed by atoms with Gasteiger partial charge in [-0.15, -0.1) is 10.2 Å². The van der Waals surface area contributed by atoms with Crippen LogP contribution in [0.5, 0.6) is 11.5 Å². The number of aromatic nitrogens is 2. The number of nitrogens with zero attached hydrogens (tertiary/aromatic N) is 3. The second-order valence-electron chi connectivity index (χ2n) is 9.83. The molecular formula is C28H29N3O5S. The van der Waals surface area contributed by atoms with Crippen LogP contribution >= 0.6 is 11.3 Å². The lowest BCUT2D eigenvalue weighted by Gasteiger charge is -2.23. The van der Waals surface area contributed by atoms with E-state index < -0.39 is 17.7 Å². The van der Waals surface area contributed by atoms with Crippen LogP contribution in [0.2, 0.25) is 0 Å². The molecule has 8 nitrogen and oxygen atoms in total. The van der Waals surface area contributed by atoms with Crippen LogP contribution in [-0.4, -0.2) is 39.7 Å². The van der Waals surface area contributed by atoms with Gasteiger partial charge in [-0.1, -0.05) is 37.3 Å². The summed E-state index contributed by atoms with van der Waals surface area (Å²) in [4.78, 5) is 28.1. The number of aliphatic hydroxyl groups excluding tert-OH is 1. The Morgan fingerprint density at radius 1 is 1.22 bits per heavy atom. The number of benzene rings is 2. The summed E-state index contributed by atoms with van der Waals surface area (Å²) in [5, 5.41) is 20.6. The van der Waals surface area contributed by atoms with E-state index in [1.54, 1.807) is 19.1 Å². The molecule has 1 aromatic heterocycles. The van der Waals surface area contributed by atoms with E-state index in [-0.39, 0.29) is 17.4 Å². The molecule has 2 atom stereocenters. The smallest absolute Gasteiger partial charge is 0.301 e. The maximum Gasteiger partial charge on any atom is 0.301 e. The van der Waals surface area contributed by atoms with Crippen molar-refractivity contribution < 1.29 is 24.2 Å². The molecule has 1 amide bonds. The van der Waals surface area contributed by atoms with Crippen LogP contribution in [0.15, 0.2) is 48.0 Å². The lowest BCUT2D eigenvalue weighted by Crippen LogP contribution is -2.29. The predicted molar refractivity (Wildman–Crippen MR) is 141 cm³/mol. The summed E-state index contributed by atoms with van der Waals surface area (Å²) >= 11 is 1.22. The summed E-state index contributed by atoms with van der Waals surface area (Å²) in [6.45, 7) is 8.56. The monoisotopic (exact) mass is 519 g/mol. The van der Waals surface area contributed by atoms with Gasteiger partial charge in [0.2, 0.25) is 5.13 Å². The van der Waals surface area contributed by atoms with E-state index in [0.29, 0.717) is 46.0 Å². The Balaban J connectivity index is 1.61. The fourth-order valence-electron chi connectivity index (χ4n) is 4.64. The van der Waals surface area contributed by atoms with Crippen molar-refractivity contribution in [3.05, 3.63) is 69.7 Å². The molecule has 0 saturated carbocycles. The fraction of sp³-hybridized carbons (Fsp3) is 0.357. The maximum atomic E-state index is 13.4. The Morgan fingerprint density at radius 3 is 2.76 bits per heavy atom. The van der Waals surface area contributed by atoms with E-state index in [1.165, 1.54) is 16.2 Å². The number of aryl methyl sites for hydroxylation is 1. The molecule has 2 aromatic carbocycles. The Kier molecular flexibility index (Phi) is 6.72. The van der Waals surface area contributed by atoms with Gasteiger partial charge in [0.25, 0.3) is 5.78 Å². The zero-order valence-corrected chi connectivity index (χ0v) is 22.0. The van der Waals surface area contributed by atoms with Crippen molar-refractivity contribution in [3.8, 4) is 11.5 Å². The van der Waals surface area contributed by atoms with E-state index in [1.807, 2.05) is 37.3 Å². The van der Waals surface area contributed by atoms with Crippen molar-refractivity contribution in [2.75, 3.05) is 11.5 Å². The van der Waals surface area contributed by atoms with Crippen molar-refractivity contribution in [2.45, 2.75) is 52.7 Å². The van der Waals surface area contributed by atoms with Gasteiger partial charge in [0.1, 0.15) is 28.4 Å². The number of ketones is 1. The average Bonchev–Trinajstić information content (AvgIpc) is 3.53. The third kappa shape index (κ3) is 4.83. The first kappa shape index (κ1) is 25.0. The number of Topliss-reactive ketones (excluding diaryl/α,β-unsaturated/α-hetero) is 1. The number of carbonyl (C=O) groups excluding carboxylic acids is 2. The molecule has 0 unspecified atom stereocenters. The van der Waals surface area contributed by atoms with Gasteiger partial charge >= 0.3 is 5.91 Å². The number of hydrogen-bond donors (Lipinski definition) is 1. The number of carbonyl (C=O) groups is 2. The van der Waals surface area contributed by atoms with Crippen LogP contribution in [0.3, 0.4) is 0 Å². The lowest BCUT2D eigenvalue weighted by atomic mass is 9.94. The average molecular weight is 520 g/mol. The number of hydrogen-bond acceptors (Lipinski definition) is 8. The van der Waals surface area contributed by atoms with Gasteiger partial charge in [0.05, 0.1) is 18.2 Å². The van der Waals surface area contributed by atoms with E-state index in [9.17, 15) is 14.7 Å². The normalized spacial score (nSPS) is 20.4. The third-order valence-electron chi connectivity index (χ3n) is 6.47. The van der Waals surface area contributed by atoms with Gasteiger partial charge in [-0.3, -0.25) is 14.5 Å². The fourth-order valence-corrected chi connectivity index (χ4v) is 5.35. The molecule has 0 aliphatic carbocycles. The van der Waals surface area contributed by atoms with Crippen LogP contribution < -0.4 is 14.4 Å². The maximum absolute atomic E-state index is 13.4. The second kappa shape index (κ2) is 9.97. The van der Waals surface area contributed by atoms with Gasteiger partial charge in [-0.25, -0.2) is 0 Å². The molecule has 2 aliphatic rings. The Hall–Kier alpha value is -3.72. The minimum Gasteiger partial charge on any atom is -0.507 e.